The van der Waals surface area contributed by atoms with Crippen molar-refractivity contribution in [1.29, 1.82) is 0 Å². The smallest absolute Gasteiger partial charge is 0.158 e. The van der Waals surface area contributed by atoms with Gasteiger partial charge in [0.05, 0.1) is 0 Å². The SMILES string of the molecule is CC1=C2CCC(C(C)(C)C)CC2CCC1=O. The molecule has 1 heteroatoms. The van der Waals surface area contributed by atoms with E-state index in [2.05, 4.69) is 20.8 Å². The van der Waals surface area contributed by atoms with Gasteiger partial charge in [-0.25, -0.2) is 0 Å². The molecule has 0 heterocycles. The summed E-state index contributed by atoms with van der Waals surface area (Å²) in [6.07, 6.45) is 5.66. The van der Waals surface area contributed by atoms with Gasteiger partial charge < -0.3 is 0 Å². The molecule has 0 aromatic rings. The maximum absolute atomic E-state index is 11.7. The monoisotopic (exact) mass is 220 g/mol. The van der Waals surface area contributed by atoms with Crippen molar-refractivity contribution in [3.8, 4) is 0 Å². The second-order valence-electron chi connectivity index (χ2n) is 6.65. The summed E-state index contributed by atoms with van der Waals surface area (Å²) < 4.78 is 0. The van der Waals surface area contributed by atoms with E-state index in [1.165, 1.54) is 24.8 Å². The van der Waals surface area contributed by atoms with Gasteiger partial charge in [-0.05, 0) is 55.4 Å². The van der Waals surface area contributed by atoms with E-state index < -0.39 is 0 Å². The third kappa shape index (κ3) is 2.09. The van der Waals surface area contributed by atoms with E-state index in [0.717, 1.165) is 30.3 Å². The number of hydrogen-bond acceptors (Lipinski definition) is 1. The molecule has 1 nitrogen and oxygen atoms in total. The molecular formula is C15H24O. The first-order valence-electron chi connectivity index (χ1n) is 6.62. The van der Waals surface area contributed by atoms with Crippen molar-refractivity contribution >= 4 is 5.78 Å². The van der Waals surface area contributed by atoms with Gasteiger partial charge in [0.2, 0.25) is 0 Å². The summed E-state index contributed by atoms with van der Waals surface area (Å²) in [5.74, 6) is 1.96. The highest BCUT2D eigenvalue weighted by Crippen LogP contribution is 2.46. The van der Waals surface area contributed by atoms with Crippen LogP contribution in [0.25, 0.3) is 0 Å². The quantitative estimate of drug-likeness (QED) is 0.600. The summed E-state index contributed by atoms with van der Waals surface area (Å²) in [5.41, 5.74) is 3.03. The molecule has 2 atom stereocenters. The molecule has 16 heavy (non-hydrogen) atoms. The Bertz CT molecular complexity index is 330. The van der Waals surface area contributed by atoms with E-state index in [0.29, 0.717) is 11.2 Å². The summed E-state index contributed by atoms with van der Waals surface area (Å²) in [6.45, 7) is 9.11. The largest absolute Gasteiger partial charge is 0.295 e. The number of Topliss-reactive ketones (excluding diaryl/α,β-unsaturated/α-hetero) is 1. The third-order valence-corrected chi connectivity index (χ3v) is 4.67. The second-order valence-corrected chi connectivity index (χ2v) is 6.65. The van der Waals surface area contributed by atoms with Crippen LogP contribution in [0, 0.1) is 17.3 Å². The molecule has 1 fully saturated rings. The van der Waals surface area contributed by atoms with Crippen molar-refractivity contribution < 1.29 is 4.79 Å². The van der Waals surface area contributed by atoms with Crippen molar-refractivity contribution in [2.45, 2.75) is 59.8 Å². The minimum absolute atomic E-state index is 0.403. The summed E-state index contributed by atoms with van der Waals surface area (Å²) in [4.78, 5) is 11.7. The van der Waals surface area contributed by atoms with Crippen molar-refractivity contribution in [1.82, 2.24) is 0 Å². The van der Waals surface area contributed by atoms with Crippen molar-refractivity contribution in [3.05, 3.63) is 11.1 Å². The van der Waals surface area contributed by atoms with Crippen LogP contribution in [0.4, 0.5) is 0 Å². The van der Waals surface area contributed by atoms with Gasteiger partial charge in [-0.2, -0.15) is 0 Å². The van der Waals surface area contributed by atoms with Gasteiger partial charge in [-0.3, -0.25) is 4.79 Å². The number of fused-ring (bicyclic) bond motifs is 1. The molecule has 0 aromatic heterocycles. The van der Waals surface area contributed by atoms with Crippen LogP contribution in [0.3, 0.4) is 0 Å². The number of carbonyl (C=O) groups excluding carboxylic acids is 1. The molecule has 0 N–H and O–H groups in total. The fourth-order valence-electron chi connectivity index (χ4n) is 3.38. The molecule has 2 rings (SSSR count). The first-order chi connectivity index (χ1) is 7.39. The maximum Gasteiger partial charge on any atom is 0.158 e. The van der Waals surface area contributed by atoms with E-state index in [9.17, 15) is 4.79 Å². The normalized spacial score (nSPS) is 31.6. The van der Waals surface area contributed by atoms with E-state index >= 15 is 0 Å². The molecule has 0 saturated heterocycles. The van der Waals surface area contributed by atoms with E-state index in [1.807, 2.05) is 6.92 Å². The number of rotatable bonds is 0. The van der Waals surface area contributed by atoms with Gasteiger partial charge in [-0.15, -0.1) is 0 Å². The molecule has 0 aromatic carbocycles. The Morgan fingerprint density at radius 1 is 1.12 bits per heavy atom. The van der Waals surface area contributed by atoms with Crippen LogP contribution < -0.4 is 0 Å². The maximum atomic E-state index is 11.7. The number of carbonyl (C=O) groups is 1. The molecule has 0 bridgehead atoms. The van der Waals surface area contributed by atoms with Gasteiger partial charge in [0.15, 0.2) is 5.78 Å². The lowest BCUT2D eigenvalue weighted by Crippen LogP contribution is -2.31. The highest BCUT2D eigenvalue weighted by molar-refractivity contribution is 5.96. The molecule has 2 unspecified atom stereocenters. The third-order valence-electron chi connectivity index (χ3n) is 4.67. The Hall–Kier alpha value is -0.590. The molecule has 2 aliphatic rings. The lowest BCUT2D eigenvalue weighted by atomic mass is 9.64. The topological polar surface area (TPSA) is 17.1 Å². The van der Waals surface area contributed by atoms with E-state index in [4.69, 9.17) is 0 Å². The Morgan fingerprint density at radius 3 is 2.44 bits per heavy atom. The van der Waals surface area contributed by atoms with Crippen LogP contribution in [0.15, 0.2) is 11.1 Å². The van der Waals surface area contributed by atoms with Crippen molar-refractivity contribution in [3.63, 3.8) is 0 Å². The molecule has 2 aliphatic carbocycles. The van der Waals surface area contributed by atoms with Gasteiger partial charge in [0.25, 0.3) is 0 Å². The lowest BCUT2D eigenvalue weighted by molar-refractivity contribution is -0.116. The summed E-state index contributed by atoms with van der Waals surface area (Å²) in [5, 5.41) is 0. The van der Waals surface area contributed by atoms with E-state index in [1.54, 1.807) is 0 Å². The Morgan fingerprint density at radius 2 is 1.81 bits per heavy atom. The summed E-state index contributed by atoms with van der Waals surface area (Å²) in [6, 6.07) is 0. The highest BCUT2D eigenvalue weighted by Gasteiger charge is 2.36. The predicted octanol–water partition coefficient (Wildman–Crippen LogP) is 4.13. The number of hydrogen-bond donors (Lipinski definition) is 0. The average molecular weight is 220 g/mol. The minimum Gasteiger partial charge on any atom is -0.295 e. The molecule has 0 spiro atoms. The standard InChI is InChI=1S/C15H24O/c1-10-13-7-6-12(15(2,3)4)9-11(13)5-8-14(10)16/h11-12H,5-9H2,1-4H3. The molecule has 90 valence electrons. The van der Waals surface area contributed by atoms with Crippen LogP contribution in [0.1, 0.15) is 59.8 Å². The highest BCUT2D eigenvalue weighted by atomic mass is 16.1. The molecule has 0 aliphatic heterocycles. The van der Waals surface area contributed by atoms with Crippen molar-refractivity contribution in [2.75, 3.05) is 0 Å². The van der Waals surface area contributed by atoms with Crippen LogP contribution >= 0.6 is 0 Å². The van der Waals surface area contributed by atoms with Crippen molar-refractivity contribution in [2.24, 2.45) is 17.3 Å². The number of allylic oxidation sites excluding steroid dienone is 2. The zero-order valence-electron chi connectivity index (χ0n) is 11.1. The molecule has 1 saturated carbocycles. The zero-order chi connectivity index (χ0) is 11.9. The first kappa shape index (κ1) is 11.9. The fourth-order valence-corrected chi connectivity index (χ4v) is 3.38. The Labute approximate surface area is 99.3 Å². The van der Waals surface area contributed by atoms with E-state index in [-0.39, 0.29) is 0 Å². The van der Waals surface area contributed by atoms with Gasteiger partial charge in [0, 0.05) is 6.42 Å². The first-order valence-corrected chi connectivity index (χ1v) is 6.62. The zero-order valence-corrected chi connectivity index (χ0v) is 11.1. The second kappa shape index (κ2) is 4.01. The fraction of sp³-hybridized carbons (Fsp3) is 0.800. The molecule has 0 amide bonds. The van der Waals surface area contributed by atoms with Crippen LogP contribution in [0.5, 0.6) is 0 Å². The predicted molar refractivity (Wildman–Crippen MR) is 67.2 cm³/mol. The Kier molecular flexibility index (Phi) is 2.98. The number of ketones is 1. The average Bonchev–Trinajstić information content (AvgIpc) is 2.22. The Balaban J connectivity index is 2.17. The van der Waals surface area contributed by atoms with Gasteiger partial charge in [0.1, 0.15) is 0 Å². The van der Waals surface area contributed by atoms with Crippen LogP contribution in [-0.2, 0) is 4.79 Å². The van der Waals surface area contributed by atoms with Crippen LogP contribution in [-0.4, -0.2) is 5.78 Å². The van der Waals surface area contributed by atoms with Crippen LogP contribution in [0.2, 0.25) is 0 Å². The minimum atomic E-state index is 0.403. The summed E-state index contributed by atoms with van der Waals surface area (Å²) >= 11 is 0. The summed E-state index contributed by atoms with van der Waals surface area (Å²) in [7, 11) is 0. The molecular weight excluding hydrogens is 196 g/mol. The lowest BCUT2D eigenvalue weighted by Gasteiger charge is -2.41. The molecule has 0 radical (unpaired) electrons. The van der Waals surface area contributed by atoms with Gasteiger partial charge >= 0.3 is 0 Å². The van der Waals surface area contributed by atoms with Gasteiger partial charge in [-0.1, -0.05) is 26.3 Å².